The number of carbonyl (C=O) groups excluding carboxylic acids is 1. The van der Waals surface area contributed by atoms with Gasteiger partial charge in [0.1, 0.15) is 17.4 Å². The smallest absolute Gasteiger partial charge is 0.316 e. The van der Waals surface area contributed by atoms with Crippen molar-refractivity contribution in [2.45, 2.75) is 47.6 Å². The second kappa shape index (κ2) is 5.69. The summed E-state index contributed by atoms with van der Waals surface area (Å²) in [4.78, 5) is 23.5. The van der Waals surface area contributed by atoms with E-state index in [4.69, 9.17) is 4.42 Å². The van der Waals surface area contributed by atoms with Gasteiger partial charge in [-0.05, 0) is 32.3 Å². The van der Waals surface area contributed by atoms with Crippen LogP contribution < -0.4 is 5.32 Å². The zero-order valence-corrected chi connectivity index (χ0v) is 12.9. The molecule has 1 rings (SSSR count). The Morgan fingerprint density at radius 3 is 2.20 bits per heavy atom. The van der Waals surface area contributed by atoms with Gasteiger partial charge in [0.2, 0.25) is 5.91 Å². The van der Waals surface area contributed by atoms with Crippen LogP contribution in [0.2, 0.25) is 0 Å². The summed E-state index contributed by atoms with van der Waals surface area (Å²) < 4.78 is 5.42. The van der Waals surface area contributed by atoms with Gasteiger partial charge in [-0.1, -0.05) is 20.8 Å². The fraction of sp³-hybridized carbons (Fsp3) is 0.600. The summed E-state index contributed by atoms with van der Waals surface area (Å²) in [5, 5.41) is 12.0. The summed E-state index contributed by atoms with van der Waals surface area (Å²) >= 11 is 0. The lowest BCUT2D eigenvalue weighted by atomic mass is 9.80. The lowest BCUT2D eigenvalue weighted by molar-refractivity contribution is -0.151. The molecule has 0 aliphatic carbocycles. The van der Waals surface area contributed by atoms with Crippen molar-refractivity contribution in [3.05, 3.63) is 23.2 Å². The van der Waals surface area contributed by atoms with Crippen molar-refractivity contribution in [2.75, 3.05) is 0 Å². The third-order valence-corrected chi connectivity index (χ3v) is 3.28. The monoisotopic (exact) mass is 281 g/mol. The second-order valence-electron chi connectivity index (χ2n) is 6.24. The van der Waals surface area contributed by atoms with Gasteiger partial charge in [0, 0.05) is 5.56 Å². The minimum Gasteiger partial charge on any atom is -0.481 e. The number of carboxylic acid groups (broad SMARTS) is 1. The molecule has 0 aliphatic rings. The molecule has 2 N–H and O–H groups in total. The maximum absolute atomic E-state index is 12.2. The van der Waals surface area contributed by atoms with Gasteiger partial charge in [0.15, 0.2) is 0 Å². The number of amides is 1. The van der Waals surface area contributed by atoms with Crippen LogP contribution in [-0.2, 0) is 9.59 Å². The number of carboxylic acids is 1. The van der Waals surface area contributed by atoms with Gasteiger partial charge in [-0.3, -0.25) is 9.59 Å². The molecule has 0 radical (unpaired) electrons. The molecule has 1 aromatic rings. The Labute approximate surface area is 119 Å². The zero-order chi connectivity index (χ0) is 15.7. The number of hydrogen-bond acceptors (Lipinski definition) is 3. The van der Waals surface area contributed by atoms with Crippen molar-refractivity contribution in [3.8, 4) is 0 Å². The third kappa shape index (κ3) is 3.62. The standard InChI is InChI=1S/C15H23NO4/c1-8-7-11(10(3)20-8)9(2)16-13(17)12(14(18)19)15(4,5)6/h7,9,12H,1-6H3,(H,16,17)(H,18,19). The number of carbonyl (C=O) groups is 2. The van der Waals surface area contributed by atoms with Gasteiger partial charge >= 0.3 is 5.97 Å². The number of rotatable bonds is 4. The molecule has 5 heteroatoms. The van der Waals surface area contributed by atoms with Gasteiger partial charge in [-0.15, -0.1) is 0 Å². The highest BCUT2D eigenvalue weighted by atomic mass is 16.4. The summed E-state index contributed by atoms with van der Waals surface area (Å²) in [6.07, 6.45) is 0. The lowest BCUT2D eigenvalue weighted by Crippen LogP contribution is -2.43. The number of hydrogen-bond donors (Lipinski definition) is 2. The third-order valence-electron chi connectivity index (χ3n) is 3.28. The molecule has 2 unspecified atom stereocenters. The number of aliphatic carboxylic acids is 1. The molecule has 2 atom stereocenters. The molecule has 1 amide bonds. The van der Waals surface area contributed by atoms with Crippen LogP contribution >= 0.6 is 0 Å². The first-order valence-electron chi connectivity index (χ1n) is 6.64. The number of furan rings is 1. The van der Waals surface area contributed by atoms with E-state index in [1.807, 2.05) is 26.8 Å². The van der Waals surface area contributed by atoms with Crippen LogP contribution in [0, 0.1) is 25.2 Å². The first kappa shape index (κ1) is 16.3. The zero-order valence-electron chi connectivity index (χ0n) is 12.9. The van der Waals surface area contributed by atoms with Gasteiger partial charge in [0.25, 0.3) is 0 Å². The lowest BCUT2D eigenvalue weighted by Gasteiger charge is -2.27. The summed E-state index contributed by atoms with van der Waals surface area (Å²) in [6, 6.07) is 1.57. The molecule has 0 saturated heterocycles. The fourth-order valence-electron chi connectivity index (χ4n) is 2.33. The van der Waals surface area contributed by atoms with Crippen LogP contribution in [0.25, 0.3) is 0 Å². The molecule has 0 saturated carbocycles. The van der Waals surface area contributed by atoms with Crippen LogP contribution in [0.5, 0.6) is 0 Å². The Hall–Kier alpha value is -1.78. The molecule has 0 bridgehead atoms. The van der Waals surface area contributed by atoms with Crippen LogP contribution in [0.1, 0.15) is 50.8 Å². The van der Waals surface area contributed by atoms with Crippen molar-refractivity contribution in [3.63, 3.8) is 0 Å². The second-order valence-corrected chi connectivity index (χ2v) is 6.24. The molecule has 5 nitrogen and oxygen atoms in total. The van der Waals surface area contributed by atoms with Gasteiger partial charge < -0.3 is 14.8 Å². The van der Waals surface area contributed by atoms with Crippen LogP contribution in [0.4, 0.5) is 0 Å². The minimum absolute atomic E-state index is 0.288. The summed E-state index contributed by atoms with van der Waals surface area (Å²) in [5.41, 5.74) is 0.227. The van der Waals surface area contributed by atoms with Gasteiger partial charge in [0.05, 0.1) is 6.04 Å². The molecule has 112 valence electrons. The molecule has 0 aliphatic heterocycles. The Balaban J connectivity index is 2.89. The quantitative estimate of drug-likeness (QED) is 0.832. The van der Waals surface area contributed by atoms with E-state index < -0.39 is 23.2 Å². The van der Waals surface area contributed by atoms with E-state index >= 15 is 0 Å². The highest BCUT2D eigenvalue weighted by molar-refractivity contribution is 5.97. The normalized spacial score (nSPS) is 14.7. The molecule has 1 aromatic heterocycles. The highest BCUT2D eigenvalue weighted by Gasteiger charge is 2.38. The summed E-state index contributed by atoms with van der Waals surface area (Å²) in [6.45, 7) is 10.7. The van der Waals surface area contributed by atoms with Gasteiger partial charge in [-0.2, -0.15) is 0 Å². The van der Waals surface area contributed by atoms with Crippen molar-refractivity contribution < 1.29 is 19.1 Å². The Kier molecular flexibility index (Phi) is 4.63. The van der Waals surface area contributed by atoms with Crippen molar-refractivity contribution in [1.29, 1.82) is 0 Å². The number of aryl methyl sites for hydroxylation is 2. The van der Waals surface area contributed by atoms with E-state index in [0.717, 1.165) is 17.1 Å². The Morgan fingerprint density at radius 1 is 1.30 bits per heavy atom. The fourth-order valence-corrected chi connectivity index (χ4v) is 2.33. The molecule has 1 heterocycles. The maximum atomic E-state index is 12.2. The maximum Gasteiger partial charge on any atom is 0.316 e. The van der Waals surface area contributed by atoms with Crippen LogP contribution in [0.15, 0.2) is 10.5 Å². The first-order valence-corrected chi connectivity index (χ1v) is 6.64. The Morgan fingerprint density at radius 2 is 1.85 bits per heavy atom. The largest absolute Gasteiger partial charge is 0.481 e. The van der Waals surface area contributed by atoms with E-state index in [2.05, 4.69) is 5.32 Å². The van der Waals surface area contributed by atoms with Crippen molar-refractivity contribution in [1.82, 2.24) is 5.32 Å². The Bertz CT molecular complexity index is 510. The average molecular weight is 281 g/mol. The van der Waals surface area contributed by atoms with Crippen molar-refractivity contribution >= 4 is 11.9 Å². The molecule has 0 spiro atoms. The summed E-state index contributed by atoms with van der Waals surface area (Å²) in [7, 11) is 0. The van der Waals surface area contributed by atoms with E-state index in [1.54, 1.807) is 20.8 Å². The predicted octanol–water partition coefficient (Wildman–Crippen LogP) is 2.82. The number of nitrogens with one attached hydrogen (secondary N) is 1. The van der Waals surface area contributed by atoms with E-state index in [1.165, 1.54) is 0 Å². The highest BCUT2D eigenvalue weighted by Crippen LogP contribution is 2.28. The molecular weight excluding hydrogens is 258 g/mol. The topological polar surface area (TPSA) is 79.5 Å². The molecule has 0 aromatic carbocycles. The van der Waals surface area contributed by atoms with Crippen LogP contribution in [-0.4, -0.2) is 17.0 Å². The molecule has 0 fully saturated rings. The first-order chi connectivity index (χ1) is 9.04. The van der Waals surface area contributed by atoms with E-state index in [0.29, 0.717) is 0 Å². The van der Waals surface area contributed by atoms with E-state index in [9.17, 15) is 14.7 Å². The average Bonchev–Trinajstić information content (AvgIpc) is 2.54. The summed E-state index contributed by atoms with van der Waals surface area (Å²) in [5.74, 6) is -1.17. The predicted molar refractivity (Wildman–Crippen MR) is 75.3 cm³/mol. The van der Waals surface area contributed by atoms with Gasteiger partial charge in [-0.25, -0.2) is 0 Å². The van der Waals surface area contributed by atoms with E-state index in [-0.39, 0.29) is 6.04 Å². The van der Waals surface area contributed by atoms with Crippen molar-refractivity contribution in [2.24, 2.45) is 11.3 Å². The molecular formula is C15H23NO4. The minimum atomic E-state index is -1.11. The molecule has 20 heavy (non-hydrogen) atoms. The SMILES string of the molecule is Cc1cc(C(C)NC(=O)C(C(=O)O)C(C)(C)C)c(C)o1. The van der Waals surface area contributed by atoms with Crippen LogP contribution in [0.3, 0.4) is 0 Å².